The van der Waals surface area contributed by atoms with Crippen LogP contribution in [-0.2, 0) is 4.79 Å². The quantitative estimate of drug-likeness (QED) is 0.737. The summed E-state index contributed by atoms with van der Waals surface area (Å²) >= 11 is 5.05. The van der Waals surface area contributed by atoms with Crippen LogP contribution in [0.25, 0.3) is 0 Å². The lowest BCUT2D eigenvalue weighted by Crippen LogP contribution is -2.33. The van der Waals surface area contributed by atoms with Crippen LogP contribution >= 0.6 is 24.6 Å². The van der Waals surface area contributed by atoms with E-state index < -0.39 is 0 Å². The molecule has 15 heavy (non-hydrogen) atoms. The third-order valence-electron chi connectivity index (χ3n) is 2.21. The van der Waals surface area contributed by atoms with Gasteiger partial charge in [0.2, 0.25) is 0 Å². The molecule has 1 aliphatic heterocycles. The van der Waals surface area contributed by atoms with Crippen molar-refractivity contribution in [3.05, 3.63) is 0 Å². The van der Waals surface area contributed by atoms with E-state index in [9.17, 15) is 4.79 Å². The van der Waals surface area contributed by atoms with Crippen LogP contribution in [-0.4, -0.2) is 54.0 Å². The number of nitrogens with zero attached hydrogens (tertiary/aromatic N) is 2. The van der Waals surface area contributed by atoms with Gasteiger partial charge in [-0.2, -0.15) is 0 Å². The zero-order valence-corrected chi connectivity index (χ0v) is 11.0. The number of thiocarbonyl (C=S) groups is 1. The number of nitrogens with one attached hydrogen (secondary N) is 1. The van der Waals surface area contributed by atoms with Crippen LogP contribution in [0.1, 0.15) is 13.3 Å². The molecule has 1 heterocycles. The van der Waals surface area contributed by atoms with Gasteiger partial charge in [0.25, 0.3) is 5.91 Å². The first kappa shape index (κ1) is 14.6. The molecule has 88 valence electrons. The summed E-state index contributed by atoms with van der Waals surface area (Å²) in [5.74, 6) is 0.0914. The van der Waals surface area contributed by atoms with Gasteiger partial charge in [-0.05, 0) is 46.2 Å². The SMILES string of the molecule is CC1NC(=S)N(CCCN(C)C)C1=O.Cl. The standard InChI is InChI=1S/C9H17N3OS.ClH/c1-7-8(13)12(9(14)10-7)6-4-5-11(2)3;/h7H,4-6H2,1-3H3,(H,10,14);1H. The molecule has 1 rings (SSSR count). The second-order valence-electron chi connectivity index (χ2n) is 3.82. The van der Waals surface area contributed by atoms with Crippen molar-refractivity contribution in [1.82, 2.24) is 15.1 Å². The highest BCUT2D eigenvalue weighted by molar-refractivity contribution is 7.80. The van der Waals surface area contributed by atoms with E-state index in [1.54, 1.807) is 4.90 Å². The second-order valence-corrected chi connectivity index (χ2v) is 4.20. The lowest BCUT2D eigenvalue weighted by Gasteiger charge is -2.16. The Hall–Kier alpha value is -0.390. The summed E-state index contributed by atoms with van der Waals surface area (Å²) in [5, 5.41) is 3.52. The Balaban J connectivity index is 0.00000196. The molecular weight excluding hydrogens is 234 g/mol. The molecule has 0 saturated carbocycles. The second kappa shape index (κ2) is 6.25. The zero-order chi connectivity index (χ0) is 10.7. The molecule has 1 aliphatic rings. The molecule has 1 saturated heterocycles. The number of hydrogen-bond donors (Lipinski definition) is 1. The average Bonchev–Trinajstić information content (AvgIpc) is 2.31. The number of carbonyl (C=O) groups is 1. The summed E-state index contributed by atoms with van der Waals surface area (Å²) < 4.78 is 0. The monoisotopic (exact) mass is 251 g/mol. The Kier molecular flexibility index (Phi) is 6.09. The van der Waals surface area contributed by atoms with E-state index in [0.717, 1.165) is 13.0 Å². The maximum absolute atomic E-state index is 11.6. The molecule has 0 aromatic heterocycles. The van der Waals surface area contributed by atoms with Crippen molar-refractivity contribution in [2.45, 2.75) is 19.4 Å². The highest BCUT2D eigenvalue weighted by Gasteiger charge is 2.31. The number of halogens is 1. The predicted octanol–water partition coefficient (Wildman–Crippen LogP) is 0.465. The Morgan fingerprint density at radius 1 is 1.53 bits per heavy atom. The van der Waals surface area contributed by atoms with Crippen LogP contribution in [0.2, 0.25) is 0 Å². The van der Waals surface area contributed by atoms with Crippen molar-refractivity contribution in [3.8, 4) is 0 Å². The third kappa shape index (κ3) is 3.93. The molecule has 1 unspecified atom stereocenters. The Morgan fingerprint density at radius 2 is 2.13 bits per heavy atom. The Bertz CT molecular complexity index is 248. The van der Waals surface area contributed by atoms with E-state index >= 15 is 0 Å². The Labute approximate surface area is 102 Å². The van der Waals surface area contributed by atoms with Crippen LogP contribution in [0.4, 0.5) is 0 Å². The fourth-order valence-electron chi connectivity index (χ4n) is 1.42. The fourth-order valence-corrected chi connectivity index (χ4v) is 1.77. The van der Waals surface area contributed by atoms with E-state index in [2.05, 4.69) is 10.2 Å². The first-order valence-electron chi connectivity index (χ1n) is 4.79. The van der Waals surface area contributed by atoms with Gasteiger partial charge in [-0.15, -0.1) is 12.4 Å². The number of amides is 1. The van der Waals surface area contributed by atoms with Gasteiger partial charge in [0, 0.05) is 6.54 Å². The Morgan fingerprint density at radius 3 is 2.53 bits per heavy atom. The summed E-state index contributed by atoms with van der Waals surface area (Å²) in [5.41, 5.74) is 0. The molecule has 1 amide bonds. The van der Waals surface area contributed by atoms with Crippen LogP contribution in [0.15, 0.2) is 0 Å². The van der Waals surface area contributed by atoms with Gasteiger partial charge >= 0.3 is 0 Å². The molecule has 0 aromatic carbocycles. The lowest BCUT2D eigenvalue weighted by atomic mass is 10.3. The predicted molar refractivity (Wildman–Crippen MR) is 67.3 cm³/mol. The van der Waals surface area contributed by atoms with Gasteiger partial charge < -0.3 is 10.2 Å². The minimum atomic E-state index is -0.151. The first-order valence-corrected chi connectivity index (χ1v) is 5.20. The summed E-state index contributed by atoms with van der Waals surface area (Å²) in [6, 6.07) is -0.151. The summed E-state index contributed by atoms with van der Waals surface area (Å²) in [7, 11) is 4.04. The molecule has 1 atom stereocenters. The first-order chi connectivity index (χ1) is 6.52. The van der Waals surface area contributed by atoms with Gasteiger partial charge in [-0.1, -0.05) is 0 Å². The van der Waals surface area contributed by atoms with Crippen molar-refractivity contribution in [1.29, 1.82) is 0 Å². The minimum Gasteiger partial charge on any atom is -0.351 e. The highest BCUT2D eigenvalue weighted by Crippen LogP contribution is 2.06. The molecule has 0 radical (unpaired) electrons. The minimum absolute atomic E-state index is 0. The highest BCUT2D eigenvalue weighted by atomic mass is 35.5. The molecule has 0 bridgehead atoms. The normalized spacial score (nSPS) is 20.5. The fraction of sp³-hybridized carbons (Fsp3) is 0.778. The van der Waals surface area contributed by atoms with Crippen molar-refractivity contribution in [3.63, 3.8) is 0 Å². The van der Waals surface area contributed by atoms with E-state index in [0.29, 0.717) is 11.7 Å². The van der Waals surface area contributed by atoms with Crippen LogP contribution < -0.4 is 5.32 Å². The molecule has 1 fully saturated rings. The van der Waals surface area contributed by atoms with Crippen LogP contribution in [0, 0.1) is 0 Å². The molecular formula is C9H18ClN3OS. The maximum Gasteiger partial charge on any atom is 0.250 e. The summed E-state index contributed by atoms with van der Waals surface area (Å²) in [4.78, 5) is 15.3. The van der Waals surface area contributed by atoms with Gasteiger partial charge in [0.15, 0.2) is 5.11 Å². The summed E-state index contributed by atoms with van der Waals surface area (Å²) in [6.07, 6.45) is 0.952. The van der Waals surface area contributed by atoms with Crippen molar-refractivity contribution < 1.29 is 4.79 Å². The van der Waals surface area contributed by atoms with Gasteiger partial charge in [-0.25, -0.2) is 0 Å². The average molecular weight is 252 g/mol. The molecule has 0 aliphatic carbocycles. The number of rotatable bonds is 4. The maximum atomic E-state index is 11.6. The number of carbonyl (C=O) groups excluding carboxylic acids is 1. The molecule has 1 N–H and O–H groups in total. The summed E-state index contributed by atoms with van der Waals surface area (Å²) in [6.45, 7) is 3.52. The smallest absolute Gasteiger partial charge is 0.250 e. The van der Waals surface area contributed by atoms with E-state index in [4.69, 9.17) is 12.2 Å². The van der Waals surface area contributed by atoms with Gasteiger partial charge in [0.05, 0.1) is 0 Å². The molecule has 4 nitrogen and oxygen atoms in total. The third-order valence-corrected chi connectivity index (χ3v) is 2.55. The molecule has 0 aromatic rings. The topological polar surface area (TPSA) is 35.6 Å². The number of hydrogen-bond acceptors (Lipinski definition) is 3. The van der Waals surface area contributed by atoms with Crippen LogP contribution in [0.5, 0.6) is 0 Å². The lowest BCUT2D eigenvalue weighted by molar-refractivity contribution is -0.126. The van der Waals surface area contributed by atoms with Crippen molar-refractivity contribution in [2.75, 3.05) is 27.2 Å². The van der Waals surface area contributed by atoms with Crippen molar-refractivity contribution in [2.24, 2.45) is 0 Å². The largest absolute Gasteiger partial charge is 0.351 e. The molecule has 6 heteroatoms. The van der Waals surface area contributed by atoms with Gasteiger partial charge in [0.1, 0.15) is 6.04 Å². The zero-order valence-electron chi connectivity index (χ0n) is 9.32. The van der Waals surface area contributed by atoms with Gasteiger partial charge in [-0.3, -0.25) is 9.69 Å². The van der Waals surface area contributed by atoms with Crippen LogP contribution in [0.3, 0.4) is 0 Å². The van der Waals surface area contributed by atoms with E-state index in [-0.39, 0.29) is 24.4 Å². The van der Waals surface area contributed by atoms with Crippen molar-refractivity contribution >= 4 is 35.6 Å². The van der Waals surface area contributed by atoms with E-state index in [1.807, 2.05) is 21.0 Å². The van der Waals surface area contributed by atoms with E-state index in [1.165, 1.54) is 0 Å². The molecule has 0 spiro atoms.